The summed E-state index contributed by atoms with van der Waals surface area (Å²) in [7, 11) is 3.55. The molecule has 0 aromatic rings. The molecule has 0 aromatic carbocycles. The van der Waals surface area contributed by atoms with Gasteiger partial charge in [-0.1, -0.05) is 69.2 Å². The van der Waals surface area contributed by atoms with Crippen LogP contribution >= 0.6 is 68.2 Å². The number of rotatable bonds is 6. The third-order valence-corrected chi connectivity index (χ3v) is 2.63. The molecular formula is C14H38NO3S6-. The number of carbonyl (C=O) groups is 2. The molecule has 0 aliphatic rings. The Morgan fingerprint density at radius 1 is 1.08 bits per heavy atom. The summed E-state index contributed by atoms with van der Waals surface area (Å²) in [6, 6.07) is -0.792. The van der Waals surface area contributed by atoms with Gasteiger partial charge in [-0.25, -0.2) is 0 Å². The Bertz CT molecular complexity index is 179. The van der Waals surface area contributed by atoms with E-state index in [2.05, 4.69) is 63.9 Å². The molecule has 24 heavy (non-hydrogen) atoms. The maximum absolute atomic E-state index is 10.6. The number of ether oxygens (including phenoxy) is 1. The summed E-state index contributed by atoms with van der Waals surface area (Å²) in [5.41, 5.74) is 6.97. The van der Waals surface area contributed by atoms with Crippen LogP contribution in [0.5, 0.6) is 0 Å². The molecule has 0 aromatic heterocycles. The van der Waals surface area contributed by atoms with Crippen molar-refractivity contribution in [2.45, 2.75) is 60.9 Å². The van der Waals surface area contributed by atoms with Crippen LogP contribution in [0, 0.1) is 0 Å². The highest BCUT2D eigenvalue weighted by atomic mass is 33.1. The minimum Gasteiger partial charge on any atom is -0.669 e. The van der Waals surface area contributed by atoms with Gasteiger partial charge in [-0.3, -0.25) is 4.79 Å². The molecular weight excluding hydrogens is 423 g/mol. The fraction of sp³-hybridized carbons (Fsp3) is 0.857. The number of thiol groups is 4. The van der Waals surface area contributed by atoms with E-state index in [1.807, 2.05) is 27.7 Å². The zero-order chi connectivity index (χ0) is 20.1. The number of hydrogen-bond donors (Lipinski definition) is 4. The fourth-order valence-electron chi connectivity index (χ4n) is 0.575. The summed E-state index contributed by atoms with van der Waals surface area (Å²) in [6.45, 7) is 10.1. The van der Waals surface area contributed by atoms with E-state index >= 15 is 0 Å². The molecule has 1 atom stereocenters. The molecule has 1 unspecified atom stereocenters. The van der Waals surface area contributed by atoms with Gasteiger partial charge < -0.3 is 15.3 Å². The van der Waals surface area contributed by atoms with E-state index in [1.54, 1.807) is 28.5 Å². The number of nitrogens with one attached hydrogen (secondary N) is 1. The van der Waals surface area contributed by atoms with Crippen LogP contribution in [-0.2, 0) is 14.3 Å². The number of carbonyl (C=O) groups excluding carboxylic acids is 2. The molecule has 4 nitrogen and oxygen atoms in total. The van der Waals surface area contributed by atoms with Gasteiger partial charge >= 0.3 is 5.97 Å². The molecule has 0 heterocycles. The van der Waals surface area contributed by atoms with Crippen molar-refractivity contribution in [3.63, 3.8) is 0 Å². The summed E-state index contributed by atoms with van der Waals surface area (Å²) in [5.74, 6) is -0.341. The number of aldehydes is 1. The summed E-state index contributed by atoms with van der Waals surface area (Å²) < 4.78 is 4.60. The highest BCUT2D eigenvalue weighted by Gasteiger charge is 2.01. The van der Waals surface area contributed by atoms with Crippen molar-refractivity contribution in [2.24, 2.45) is 0 Å². The highest BCUT2D eigenvalue weighted by molar-refractivity contribution is 8.76. The van der Waals surface area contributed by atoms with Crippen LogP contribution in [0.15, 0.2) is 0 Å². The van der Waals surface area contributed by atoms with Crippen LogP contribution in [0.4, 0.5) is 0 Å². The lowest BCUT2D eigenvalue weighted by atomic mass is 10.2. The third kappa shape index (κ3) is 76.8. The molecule has 0 saturated heterocycles. The topological polar surface area (TPSA) is 67.2 Å². The molecule has 0 aliphatic carbocycles. The molecule has 0 fully saturated rings. The molecule has 154 valence electrons. The van der Waals surface area contributed by atoms with E-state index in [9.17, 15) is 9.59 Å². The van der Waals surface area contributed by atoms with Crippen LogP contribution in [0.25, 0.3) is 5.73 Å². The maximum Gasteiger partial charge on any atom is 0.305 e. The largest absolute Gasteiger partial charge is 0.669 e. The second-order valence-corrected chi connectivity index (χ2v) is 5.09. The first-order chi connectivity index (χ1) is 11.1. The molecule has 10 heteroatoms. The first-order valence-corrected chi connectivity index (χ1v) is 13.1. The van der Waals surface area contributed by atoms with Crippen molar-refractivity contribution < 1.29 is 14.3 Å². The third-order valence-electron chi connectivity index (χ3n) is 1.30. The predicted octanol–water partition coefficient (Wildman–Crippen LogP) is 6.79. The molecule has 0 spiro atoms. The smallest absolute Gasteiger partial charge is 0.305 e. The van der Waals surface area contributed by atoms with Crippen LogP contribution in [0.3, 0.4) is 0 Å². The quantitative estimate of drug-likeness (QED) is 0.152. The minimum absolute atomic E-state index is 0. The maximum atomic E-state index is 10.6. The summed E-state index contributed by atoms with van der Waals surface area (Å²) in [4.78, 5) is 20.6. The lowest BCUT2D eigenvalue weighted by Gasteiger charge is -2.09. The summed E-state index contributed by atoms with van der Waals surface area (Å²) in [6.07, 6.45) is 5.04. The Labute approximate surface area is 179 Å². The highest BCUT2D eigenvalue weighted by Crippen LogP contribution is 2.09. The summed E-state index contributed by atoms with van der Waals surface area (Å²) in [5, 5.41) is 0. The first kappa shape index (κ1) is 44.6. The van der Waals surface area contributed by atoms with Crippen molar-refractivity contribution in [1.29, 1.82) is 0 Å². The van der Waals surface area contributed by atoms with E-state index in [0.717, 1.165) is 0 Å². The van der Waals surface area contributed by atoms with Crippen LogP contribution in [0.1, 0.15) is 54.9 Å². The van der Waals surface area contributed by atoms with E-state index in [-0.39, 0.29) is 26.2 Å². The van der Waals surface area contributed by atoms with Crippen molar-refractivity contribution in [2.75, 3.05) is 19.1 Å². The summed E-state index contributed by atoms with van der Waals surface area (Å²) >= 11 is 12.9. The van der Waals surface area contributed by atoms with Crippen LogP contribution in [0.2, 0.25) is 0 Å². The Morgan fingerprint density at radius 3 is 1.62 bits per heavy atom. The van der Waals surface area contributed by atoms with Crippen molar-refractivity contribution in [3.05, 3.63) is 5.73 Å². The van der Waals surface area contributed by atoms with E-state index in [0.29, 0.717) is 12.9 Å². The van der Waals surface area contributed by atoms with E-state index in [1.165, 1.54) is 0 Å². The Kier molecular flexibility index (Phi) is 120. The van der Waals surface area contributed by atoms with Gasteiger partial charge in [0.15, 0.2) is 0 Å². The SMILES string of the molecule is C.CC.CC.CCOC(=O)CCC([NH-])C=O.CSSC.SS.SS. The van der Waals surface area contributed by atoms with Crippen molar-refractivity contribution >= 4 is 80.5 Å². The number of hydrogen-bond acceptors (Lipinski definition) is 9. The fourth-order valence-corrected chi connectivity index (χ4v) is 0.575. The van der Waals surface area contributed by atoms with Gasteiger partial charge in [-0.05, 0) is 19.4 Å². The zero-order valence-electron chi connectivity index (χ0n) is 15.1. The van der Waals surface area contributed by atoms with Gasteiger partial charge in [0.25, 0.3) is 0 Å². The Hall–Kier alpha value is 1.20. The van der Waals surface area contributed by atoms with Crippen molar-refractivity contribution in [3.8, 4) is 0 Å². The van der Waals surface area contributed by atoms with Crippen molar-refractivity contribution in [1.82, 2.24) is 0 Å². The molecule has 0 saturated carbocycles. The standard InChI is InChI=1S/C7H12NO3.C2H6S2.2C2H6.CH4.2H2S2/c1-2-11-7(10)4-3-6(8)5-9;1-3-4-2;2*1-2;;2*1-2/h5-6,8H,2-4H2,1H3;1-2H3;2*1-2H3;1H4;2*1-2H/q-1;;;;;;. The minimum atomic E-state index is -0.792. The lowest BCUT2D eigenvalue weighted by Crippen LogP contribution is -2.09. The van der Waals surface area contributed by atoms with Gasteiger partial charge in [0, 0.05) is 6.42 Å². The molecule has 0 aliphatic heterocycles. The Morgan fingerprint density at radius 2 is 1.42 bits per heavy atom. The second kappa shape index (κ2) is 64.6. The monoisotopic (exact) mass is 460 g/mol. The number of esters is 1. The van der Waals surface area contributed by atoms with Crippen LogP contribution < -0.4 is 0 Å². The normalized spacial score (nSPS) is 7.83. The average Bonchev–Trinajstić information content (AvgIpc) is 2.66. The van der Waals surface area contributed by atoms with Crippen LogP contribution in [-0.4, -0.2) is 37.4 Å². The average molecular weight is 461 g/mol. The second-order valence-electron chi connectivity index (χ2n) is 2.42. The first-order valence-electron chi connectivity index (χ1n) is 6.91. The van der Waals surface area contributed by atoms with E-state index in [4.69, 9.17) is 5.73 Å². The zero-order valence-corrected chi connectivity index (χ0v) is 20.3. The van der Waals surface area contributed by atoms with Gasteiger partial charge in [-0.15, -0.1) is 46.6 Å². The predicted molar refractivity (Wildman–Crippen MR) is 132 cm³/mol. The lowest BCUT2D eigenvalue weighted by molar-refractivity contribution is -0.143. The molecule has 0 radical (unpaired) electrons. The van der Waals surface area contributed by atoms with E-state index < -0.39 is 6.04 Å². The van der Waals surface area contributed by atoms with Gasteiger partial charge in [0.2, 0.25) is 0 Å². The van der Waals surface area contributed by atoms with Gasteiger partial charge in [0.1, 0.15) is 6.29 Å². The molecule has 0 amide bonds. The molecule has 0 bridgehead atoms. The van der Waals surface area contributed by atoms with Gasteiger partial charge in [0.05, 0.1) is 6.61 Å². The van der Waals surface area contributed by atoms with Gasteiger partial charge in [-0.2, -0.15) is 0 Å². The molecule has 1 N–H and O–H groups in total. The Balaban J connectivity index is -0.0000000374. The molecule has 0 rings (SSSR count).